The molecule has 2 aliphatic rings. The van der Waals surface area contributed by atoms with E-state index in [0.29, 0.717) is 12.0 Å². The average Bonchev–Trinajstić information content (AvgIpc) is 3.10. The van der Waals surface area contributed by atoms with Crippen molar-refractivity contribution in [2.24, 2.45) is 5.92 Å². The van der Waals surface area contributed by atoms with E-state index in [9.17, 15) is 14.9 Å². The number of anilines is 1. The van der Waals surface area contributed by atoms with E-state index in [-0.39, 0.29) is 11.7 Å². The zero-order valence-corrected chi connectivity index (χ0v) is 17.1. The summed E-state index contributed by atoms with van der Waals surface area (Å²) >= 11 is 1.61. The monoisotopic (exact) mass is 406 g/mol. The number of nitrogens with zero attached hydrogens (tertiary/aromatic N) is 1. The third-order valence-electron chi connectivity index (χ3n) is 5.71. The molecule has 2 aliphatic carbocycles. The molecule has 29 heavy (non-hydrogen) atoms. The van der Waals surface area contributed by atoms with Crippen molar-refractivity contribution in [2.75, 3.05) is 12.4 Å². The van der Waals surface area contributed by atoms with Gasteiger partial charge in [0.1, 0.15) is 17.0 Å². The van der Waals surface area contributed by atoms with E-state index in [1.807, 2.05) is 30.3 Å². The Hall–Kier alpha value is -2.91. The van der Waals surface area contributed by atoms with Gasteiger partial charge in [-0.15, -0.1) is 11.3 Å². The second-order valence-electron chi connectivity index (χ2n) is 7.45. The zero-order valence-electron chi connectivity index (χ0n) is 16.2. The number of hydrogen-bond donors (Lipinski definition) is 1. The summed E-state index contributed by atoms with van der Waals surface area (Å²) in [7, 11) is 1.31. The van der Waals surface area contributed by atoms with Crippen molar-refractivity contribution in [3.63, 3.8) is 0 Å². The first-order chi connectivity index (χ1) is 14.1. The third-order valence-corrected chi connectivity index (χ3v) is 6.91. The third kappa shape index (κ3) is 3.70. The highest BCUT2D eigenvalue weighted by Crippen LogP contribution is 2.41. The first-order valence-electron chi connectivity index (χ1n) is 9.81. The molecule has 0 fully saturated rings. The largest absolute Gasteiger partial charge is 0.468 e. The maximum absolute atomic E-state index is 12.8. The number of fused-ring (bicyclic) bond motifs is 1. The number of nitrogens with one attached hydrogen (secondary N) is 1. The van der Waals surface area contributed by atoms with E-state index in [1.165, 1.54) is 18.1 Å². The number of thiophene rings is 1. The maximum atomic E-state index is 12.8. The van der Waals surface area contributed by atoms with Crippen LogP contribution in [0.2, 0.25) is 0 Å². The highest BCUT2D eigenvalue weighted by Gasteiger charge is 2.39. The van der Waals surface area contributed by atoms with Gasteiger partial charge in [-0.3, -0.25) is 9.59 Å². The molecule has 0 radical (unpaired) electrons. The number of methoxy groups -OCH3 is 1. The molecule has 148 valence electrons. The lowest BCUT2D eigenvalue weighted by molar-refractivity contribution is -0.149. The van der Waals surface area contributed by atoms with Gasteiger partial charge in [-0.05, 0) is 43.2 Å². The number of benzene rings is 1. The SMILES string of the molecule is COC(=O)[C@H]1C(=O)C=C(Nc2sc3c(c2C#N)CCCC3)C[C@H]1c1ccccc1. The number of carbonyl (C=O) groups excluding carboxylic acids is 2. The summed E-state index contributed by atoms with van der Waals surface area (Å²) < 4.78 is 4.91. The van der Waals surface area contributed by atoms with Crippen molar-refractivity contribution >= 4 is 28.1 Å². The number of rotatable bonds is 4. The standard InChI is InChI=1S/C23H22N2O3S/c1-28-23(27)21-17(14-7-3-2-4-8-14)11-15(12-19(21)26)25-22-18(13-24)16-9-5-6-10-20(16)29-22/h2-4,7-8,12,17,21,25H,5-6,9-11H2,1H3/t17-,21+/m0/s1. The molecular weight excluding hydrogens is 384 g/mol. The van der Waals surface area contributed by atoms with Gasteiger partial charge in [0.25, 0.3) is 0 Å². The van der Waals surface area contributed by atoms with Crippen LogP contribution in [0.1, 0.15) is 46.7 Å². The topological polar surface area (TPSA) is 79.2 Å². The summed E-state index contributed by atoms with van der Waals surface area (Å²) in [6, 6.07) is 11.9. The normalized spacial score (nSPS) is 21.0. The highest BCUT2D eigenvalue weighted by atomic mass is 32.1. The van der Waals surface area contributed by atoms with E-state index in [1.54, 1.807) is 11.3 Å². The Kier molecular flexibility index (Phi) is 5.50. The first kappa shape index (κ1) is 19.4. The number of ether oxygens (including phenoxy) is 1. The molecule has 0 bridgehead atoms. The van der Waals surface area contributed by atoms with Crippen LogP contribution in [-0.2, 0) is 27.2 Å². The van der Waals surface area contributed by atoms with Gasteiger partial charge in [-0.2, -0.15) is 5.26 Å². The number of ketones is 1. The van der Waals surface area contributed by atoms with Crippen LogP contribution in [0.4, 0.5) is 5.00 Å². The van der Waals surface area contributed by atoms with Crippen LogP contribution >= 0.6 is 11.3 Å². The first-order valence-corrected chi connectivity index (χ1v) is 10.6. The van der Waals surface area contributed by atoms with Gasteiger partial charge in [-0.25, -0.2) is 0 Å². The second-order valence-corrected chi connectivity index (χ2v) is 8.55. The Morgan fingerprint density at radius 3 is 2.72 bits per heavy atom. The summed E-state index contributed by atoms with van der Waals surface area (Å²) in [5, 5.41) is 13.8. The van der Waals surface area contributed by atoms with Gasteiger partial charge in [-0.1, -0.05) is 30.3 Å². The molecular formula is C23H22N2O3S. The van der Waals surface area contributed by atoms with Crippen LogP contribution in [0.5, 0.6) is 0 Å². The average molecular weight is 407 g/mol. The van der Waals surface area contributed by atoms with E-state index >= 15 is 0 Å². The second kappa shape index (κ2) is 8.22. The Labute approximate surface area is 174 Å². The predicted octanol–water partition coefficient (Wildman–Crippen LogP) is 4.34. The Morgan fingerprint density at radius 1 is 1.24 bits per heavy atom. The van der Waals surface area contributed by atoms with Gasteiger partial charge in [0.15, 0.2) is 5.78 Å². The van der Waals surface area contributed by atoms with Gasteiger partial charge >= 0.3 is 5.97 Å². The lowest BCUT2D eigenvalue weighted by Gasteiger charge is -2.29. The van der Waals surface area contributed by atoms with Crippen molar-refractivity contribution in [2.45, 2.75) is 38.0 Å². The lowest BCUT2D eigenvalue weighted by Crippen LogP contribution is -2.34. The number of allylic oxidation sites excluding steroid dienone is 2. The van der Waals surface area contributed by atoms with E-state index in [4.69, 9.17) is 4.74 Å². The maximum Gasteiger partial charge on any atom is 0.317 e. The molecule has 1 aromatic carbocycles. The van der Waals surface area contributed by atoms with Crippen molar-refractivity contribution in [1.82, 2.24) is 0 Å². The van der Waals surface area contributed by atoms with Crippen molar-refractivity contribution in [1.29, 1.82) is 5.26 Å². The molecule has 2 atom stereocenters. The number of esters is 1. The fourth-order valence-corrected chi connectivity index (χ4v) is 5.57. The van der Waals surface area contributed by atoms with Crippen molar-refractivity contribution in [3.05, 3.63) is 63.7 Å². The summed E-state index contributed by atoms with van der Waals surface area (Å²) in [5.41, 5.74) is 3.51. The molecule has 0 saturated carbocycles. The van der Waals surface area contributed by atoms with Crippen LogP contribution in [0.3, 0.4) is 0 Å². The number of hydrogen-bond acceptors (Lipinski definition) is 6. The van der Waals surface area contributed by atoms with Crippen LogP contribution in [0.25, 0.3) is 0 Å². The molecule has 0 aliphatic heterocycles. The Balaban J connectivity index is 1.67. The van der Waals surface area contributed by atoms with E-state index in [0.717, 1.165) is 47.5 Å². The molecule has 1 aromatic heterocycles. The van der Waals surface area contributed by atoms with Crippen LogP contribution < -0.4 is 5.32 Å². The summed E-state index contributed by atoms with van der Waals surface area (Å²) in [4.78, 5) is 26.4. The molecule has 0 amide bonds. The van der Waals surface area contributed by atoms with Crippen LogP contribution in [0.15, 0.2) is 42.1 Å². The Morgan fingerprint density at radius 2 is 2.00 bits per heavy atom. The molecule has 6 heteroatoms. The number of aryl methyl sites for hydroxylation is 1. The quantitative estimate of drug-likeness (QED) is 0.604. The minimum Gasteiger partial charge on any atom is -0.468 e. The van der Waals surface area contributed by atoms with E-state index < -0.39 is 11.9 Å². The van der Waals surface area contributed by atoms with E-state index in [2.05, 4.69) is 11.4 Å². The summed E-state index contributed by atoms with van der Waals surface area (Å²) in [5.74, 6) is -1.92. The van der Waals surface area contributed by atoms with Gasteiger partial charge < -0.3 is 10.1 Å². The Bertz CT molecular complexity index is 1020. The summed E-state index contributed by atoms with van der Waals surface area (Å²) in [6.07, 6.45) is 6.20. The van der Waals surface area contributed by atoms with Gasteiger partial charge in [0.2, 0.25) is 0 Å². The fourth-order valence-electron chi connectivity index (χ4n) is 4.30. The fraction of sp³-hybridized carbons (Fsp3) is 0.348. The minimum atomic E-state index is -0.847. The van der Waals surface area contributed by atoms with Gasteiger partial charge in [0, 0.05) is 22.6 Å². The van der Waals surface area contributed by atoms with Crippen molar-refractivity contribution < 1.29 is 14.3 Å². The molecule has 0 unspecified atom stereocenters. The van der Waals surface area contributed by atoms with Crippen molar-refractivity contribution in [3.8, 4) is 6.07 Å². The molecule has 0 spiro atoms. The molecule has 2 aromatic rings. The molecule has 1 N–H and O–H groups in total. The highest BCUT2D eigenvalue weighted by molar-refractivity contribution is 7.16. The minimum absolute atomic E-state index is 0.265. The number of carbonyl (C=O) groups is 2. The molecule has 0 saturated heterocycles. The predicted molar refractivity (Wildman–Crippen MR) is 112 cm³/mol. The molecule has 1 heterocycles. The van der Waals surface area contributed by atoms with Gasteiger partial charge in [0.05, 0.1) is 12.7 Å². The molecule has 5 nitrogen and oxygen atoms in total. The molecule has 4 rings (SSSR count). The summed E-state index contributed by atoms with van der Waals surface area (Å²) in [6.45, 7) is 0. The zero-order chi connectivity index (χ0) is 20.4. The van der Waals surface area contributed by atoms with Crippen LogP contribution in [-0.4, -0.2) is 18.9 Å². The number of nitriles is 1. The van der Waals surface area contributed by atoms with Crippen LogP contribution in [0, 0.1) is 17.2 Å². The lowest BCUT2D eigenvalue weighted by atomic mass is 9.76. The smallest absolute Gasteiger partial charge is 0.317 e.